The summed E-state index contributed by atoms with van der Waals surface area (Å²) in [5, 5.41) is 2.06. The molecule has 0 radical (unpaired) electrons. The van der Waals surface area contributed by atoms with Crippen molar-refractivity contribution in [2.75, 3.05) is 0 Å². The van der Waals surface area contributed by atoms with Crippen molar-refractivity contribution in [3.8, 4) is 0 Å². The molecule has 3 heterocycles. The Morgan fingerprint density at radius 3 is 2.84 bits per heavy atom. The van der Waals surface area contributed by atoms with E-state index in [0.717, 1.165) is 24.5 Å². The summed E-state index contributed by atoms with van der Waals surface area (Å²) in [6.07, 6.45) is 3.25. The fourth-order valence-electron chi connectivity index (χ4n) is 3.47. The molecule has 0 saturated heterocycles. The second kappa shape index (κ2) is 6.84. The lowest BCUT2D eigenvalue weighted by molar-refractivity contribution is -0.135. The third kappa shape index (κ3) is 3.24. The molecule has 1 amide bonds. The van der Waals surface area contributed by atoms with Crippen LogP contribution in [0.4, 0.5) is 0 Å². The largest absolute Gasteiger partial charge is 0.328 e. The van der Waals surface area contributed by atoms with Gasteiger partial charge in [0.05, 0.1) is 12.6 Å². The normalized spacial score (nSPS) is 16.7. The highest BCUT2D eigenvalue weighted by molar-refractivity contribution is 7.09. The van der Waals surface area contributed by atoms with E-state index in [2.05, 4.69) is 40.1 Å². The number of thiophene rings is 1. The van der Waals surface area contributed by atoms with Gasteiger partial charge < -0.3 is 9.47 Å². The predicted molar refractivity (Wildman–Crippen MR) is 99.3 cm³/mol. The van der Waals surface area contributed by atoms with Crippen molar-refractivity contribution in [2.24, 2.45) is 0 Å². The number of aryl methyl sites for hydroxylation is 2. The van der Waals surface area contributed by atoms with E-state index in [9.17, 15) is 4.79 Å². The molecular formula is C20H21N3OS. The molecule has 3 aromatic rings. The first-order valence-corrected chi connectivity index (χ1v) is 9.48. The second-order valence-electron chi connectivity index (χ2n) is 6.45. The number of amides is 1. The molecule has 5 heteroatoms. The molecule has 128 valence electrons. The van der Waals surface area contributed by atoms with E-state index in [1.165, 1.54) is 10.4 Å². The second-order valence-corrected chi connectivity index (χ2v) is 7.49. The van der Waals surface area contributed by atoms with Crippen molar-refractivity contribution in [3.63, 3.8) is 0 Å². The van der Waals surface area contributed by atoms with E-state index < -0.39 is 0 Å². The van der Waals surface area contributed by atoms with Gasteiger partial charge in [0.15, 0.2) is 0 Å². The summed E-state index contributed by atoms with van der Waals surface area (Å²) >= 11 is 1.71. The van der Waals surface area contributed by atoms with E-state index in [0.29, 0.717) is 13.0 Å². The molecule has 0 N–H and O–H groups in total. The molecule has 4 rings (SSSR count). The van der Waals surface area contributed by atoms with Crippen LogP contribution < -0.4 is 0 Å². The van der Waals surface area contributed by atoms with Gasteiger partial charge in [0.1, 0.15) is 5.82 Å². The summed E-state index contributed by atoms with van der Waals surface area (Å²) < 4.78 is 2.24. The van der Waals surface area contributed by atoms with Gasteiger partial charge in [-0.3, -0.25) is 4.79 Å². The topological polar surface area (TPSA) is 38.1 Å². The van der Waals surface area contributed by atoms with Crippen LogP contribution in [0, 0.1) is 6.92 Å². The Balaban J connectivity index is 1.59. The lowest BCUT2D eigenvalue weighted by Gasteiger charge is -2.37. The average molecular weight is 351 g/mol. The van der Waals surface area contributed by atoms with Crippen LogP contribution in [0.5, 0.6) is 0 Å². The summed E-state index contributed by atoms with van der Waals surface area (Å²) in [4.78, 5) is 20.8. The number of aromatic nitrogens is 2. The molecule has 1 atom stereocenters. The van der Waals surface area contributed by atoms with Crippen LogP contribution in [-0.2, 0) is 24.3 Å². The third-order valence-electron chi connectivity index (χ3n) is 4.85. The smallest absolute Gasteiger partial charge is 0.223 e. The Hall–Kier alpha value is -2.40. The zero-order valence-electron chi connectivity index (χ0n) is 14.3. The SMILES string of the molecule is Cc1cnc2n1C[C@H](c1ccccc1)N(C(=O)CCc1cccs1)C2. The lowest BCUT2D eigenvalue weighted by atomic mass is 10.0. The molecule has 1 aliphatic rings. The maximum atomic E-state index is 13.0. The van der Waals surface area contributed by atoms with Crippen molar-refractivity contribution in [3.05, 3.63) is 76.0 Å². The quantitative estimate of drug-likeness (QED) is 0.713. The van der Waals surface area contributed by atoms with Crippen molar-refractivity contribution < 1.29 is 4.79 Å². The first kappa shape index (κ1) is 16.1. The summed E-state index contributed by atoms with van der Waals surface area (Å²) in [7, 11) is 0. The number of hydrogen-bond donors (Lipinski definition) is 0. The number of fused-ring (bicyclic) bond motifs is 1. The van der Waals surface area contributed by atoms with Gasteiger partial charge in [0.25, 0.3) is 0 Å². The number of carbonyl (C=O) groups excluding carboxylic acids is 1. The van der Waals surface area contributed by atoms with Crippen LogP contribution in [0.1, 0.15) is 34.4 Å². The van der Waals surface area contributed by atoms with Crippen LogP contribution in [0.15, 0.2) is 54.0 Å². The van der Waals surface area contributed by atoms with Crippen molar-refractivity contribution in [1.29, 1.82) is 0 Å². The molecule has 4 nitrogen and oxygen atoms in total. The first-order chi connectivity index (χ1) is 12.2. The Morgan fingerprint density at radius 2 is 2.08 bits per heavy atom. The molecule has 0 saturated carbocycles. The minimum Gasteiger partial charge on any atom is -0.328 e. The zero-order chi connectivity index (χ0) is 17.2. The zero-order valence-corrected chi connectivity index (χ0v) is 15.1. The Bertz CT molecular complexity index is 854. The molecule has 0 bridgehead atoms. The summed E-state index contributed by atoms with van der Waals surface area (Å²) in [6.45, 7) is 3.43. The number of rotatable bonds is 4. The number of nitrogens with zero attached hydrogens (tertiary/aromatic N) is 3. The Kier molecular flexibility index (Phi) is 4.40. The van der Waals surface area contributed by atoms with Gasteiger partial charge in [-0.1, -0.05) is 36.4 Å². The highest BCUT2D eigenvalue weighted by Gasteiger charge is 2.31. The van der Waals surface area contributed by atoms with Crippen molar-refractivity contribution in [1.82, 2.24) is 14.5 Å². The molecule has 0 aliphatic carbocycles. The average Bonchev–Trinajstić information content (AvgIpc) is 3.29. The van der Waals surface area contributed by atoms with Crippen LogP contribution >= 0.6 is 11.3 Å². The molecule has 0 fully saturated rings. The molecule has 1 aliphatic heterocycles. The minimum atomic E-state index is 0.0671. The molecule has 0 spiro atoms. The van der Waals surface area contributed by atoms with E-state index in [-0.39, 0.29) is 11.9 Å². The number of imidazole rings is 1. The van der Waals surface area contributed by atoms with Gasteiger partial charge in [-0.2, -0.15) is 0 Å². The van der Waals surface area contributed by atoms with Crippen LogP contribution in [0.2, 0.25) is 0 Å². The molecule has 1 aromatic carbocycles. The van der Waals surface area contributed by atoms with E-state index >= 15 is 0 Å². The third-order valence-corrected chi connectivity index (χ3v) is 5.79. The fraction of sp³-hybridized carbons (Fsp3) is 0.300. The van der Waals surface area contributed by atoms with E-state index in [4.69, 9.17) is 0 Å². The number of carbonyl (C=O) groups is 1. The highest BCUT2D eigenvalue weighted by Crippen LogP contribution is 2.31. The van der Waals surface area contributed by atoms with Gasteiger partial charge >= 0.3 is 0 Å². The molecule has 2 aromatic heterocycles. The molecule has 0 unspecified atom stereocenters. The standard InChI is InChI=1S/C20H21N3OS/c1-15-12-21-19-14-23(20(24)10-9-17-8-5-11-25-17)18(13-22(15)19)16-6-3-2-4-7-16/h2-8,11-12,18H,9-10,13-14H2,1H3/t18-/m1/s1. The maximum absolute atomic E-state index is 13.0. The summed E-state index contributed by atoms with van der Waals surface area (Å²) in [5.41, 5.74) is 2.34. The number of hydrogen-bond acceptors (Lipinski definition) is 3. The van der Waals surface area contributed by atoms with Crippen LogP contribution in [0.25, 0.3) is 0 Å². The van der Waals surface area contributed by atoms with Crippen LogP contribution in [0.3, 0.4) is 0 Å². The molecular weight excluding hydrogens is 330 g/mol. The fourth-order valence-corrected chi connectivity index (χ4v) is 4.18. The van der Waals surface area contributed by atoms with Crippen LogP contribution in [-0.4, -0.2) is 20.4 Å². The van der Waals surface area contributed by atoms with Gasteiger partial charge in [-0.15, -0.1) is 11.3 Å². The summed E-state index contributed by atoms with van der Waals surface area (Å²) in [5.74, 6) is 1.18. The van der Waals surface area contributed by atoms with Crippen molar-refractivity contribution >= 4 is 17.2 Å². The Morgan fingerprint density at radius 1 is 1.24 bits per heavy atom. The van der Waals surface area contributed by atoms with Gasteiger partial charge in [-0.05, 0) is 30.4 Å². The lowest BCUT2D eigenvalue weighted by Crippen LogP contribution is -2.41. The monoisotopic (exact) mass is 351 g/mol. The Labute approximate surface area is 151 Å². The predicted octanol–water partition coefficient (Wildman–Crippen LogP) is 3.97. The molecule has 25 heavy (non-hydrogen) atoms. The van der Waals surface area contributed by atoms with Crippen molar-refractivity contribution in [2.45, 2.75) is 38.9 Å². The van der Waals surface area contributed by atoms with Gasteiger partial charge in [0.2, 0.25) is 5.91 Å². The highest BCUT2D eigenvalue weighted by atomic mass is 32.1. The van der Waals surface area contributed by atoms with Gasteiger partial charge in [-0.25, -0.2) is 4.98 Å². The maximum Gasteiger partial charge on any atom is 0.223 e. The first-order valence-electron chi connectivity index (χ1n) is 8.60. The van der Waals surface area contributed by atoms with Gasteiger partial charge in [0, 0.05) is 29.7 Å². The van der Waals surface area contributed by atoms with E-state index in [1.807, 2.05) is 35.4 Å². The van der Waals surface area contributed by atoms with E-state index in [1.54, 1.807) is 11.3 Å². The number of benzene rings is 1. The summed E-state index contributed by atoms with van der Waals surface area (Å²) in [6, 6.07) is 14.5. The minimum absolute atomic E-state index is 0.0671.